The van der Waals surface area contributed by atoms with Crippen molar-refractivity contribution < 1.29 is 35.6 Å². The second kappa shape index (κ2) is 6.00. The minimum Gasteiger partial charge on any atom is -0.461 e. The molecule has 0 aliphatic rings. The molecule has 0 saturated carbocycles. The molecule has 2 heterocycles. The monoisotopic (exact) mass is 375 g/mol. The maximum Gasteiger partial charge on any atom is 0.416 e. The van der Waals surface area contributed by atoms with E-state index in [1.54, 1.807) is 0 Å². The average molecular weight is 375 g/mol. The summed E-state index contributed by atoms with van der Waals surface area (Å²) in [5, 5.41) is 6.91. The summed E-state index contributed by atoms with van der Waals surface area (Å²) in [7, 11) is 0. The van der Waals surface area contributed by atoms with Gasteiger partial charge in [0.15, 0.2) is 11.5 Å². The van der Waals surface area contributed by atoms with Crippen LogP contribution in [0.3, 0.4) is 0 Å². The number of hydrogen-bond donors (Lipinski definition) is 0. The van der Waals surface area contributed by atoms with E-state index in [9.17, 15) is 31.1 Å². The highest BCUT2D eigenvalue weighted by Gasteiger charge is 2.37. The molecule has 0 saturated heterocycles. The Morgan fingerprint density at radius 2 is 1.62 bits per heavy atom. The average Bonchev–Trinajstić information content (AvgIpc) is 3.24. The van der Waals surface area contributed by atoms with Crippen LogP contribution in [0.5, 0.6) is 0 Å². The summed E-state index contributed by atoms with van der Waals surface area (Å²) in [6.07, 6.45) is -7.85. The SMILES string of the molecule is O=C(c1cn(-c2cc(C(F)(F)F)cc(C(F)(F)F)c2)nn1)c1ccco1. The summed E-state index contributed by atoms with van der Waals surface area (Å²) in [6.45, 7) is 0. The predicted octanol–water partition coefficient (Wildman–Crippen LogP) is 4.13. The van der Waals surface area contributed by atoms with Gasteiger partial charge in [-0.15, -0.1) is 5.10 Å². The third kappa shape index (κ3) is 3.46. The Morgan fingerprint density at radius 1 is 1.00 bits per heavy atom. The molecule has 0 bridgehead atoms. The highest BCUT2D eigenvalue weighted by atomic mass is 19.4. The van der Waals surface area contributed by atoms with Gasteiger partial charge in [-0.05, 0) is 30.3 Å². The molecule has 3 rings (SSSR count). The Bertz CT molecular complexity index is 909. The van der Waals surface area contributed by atoms with Gasteiger partial charge in [0.2, 0.25) is 5.78 Å². The summed E-state index contributed by atoms with van der Waals surface area (Å²) >= 11 is 0. The van der Waals surface area contributed by atoms with Gasteiger partial charge in [0.05, 0.1) is 29.3 Å². The number of carbonyl (C=O) groups excluding carboxylic acids is 1. The fraction of sp³-hybridized carbons (Fsp3) is 0.133. The van der Waals surface area contributed by atoms with Crippen LogP contribution in [-0.2, 0) is 12.4 Å². The topological polar surface area (TPSA) is 60.9 Å². The number of hydrogen-bond acceptors (Lipinski definition) is 4. The molecule has 26 heavy (non-hydrogen) atoms. The number of benzene rings is 1. The van der Waals surface area contributed by atoms with Crippen LogP contribution in [0, 0.1) is 0 Å². The van der Waals surface area contributed by atoms with Crippen LogP contribution in [0.2, 0.25) is 0 Å². The predicted molar refractivity (Wildman–Crippen MR) is 73.5 cm³/mol. The van der Waals surface area contributed by atoms with Gasteiger partial charge >= 0.3 is 12.4 Å². The van der Waals surface area contributed by atoms with E-state index in [1.165, 1.54) is 18.4 Å². The van der Waals surface area contributed by atoms with Gasteiger partial charge < -0.3 is 4.42 Å². The second-order valence-corrected chi connectivity index (χ2v) is 5.12. The maximum atomic E-state index is 12.9. The molecule has 0 N–H and O–H groups in total. The first kappa shape index (κ1) is 17.7. The van der Waals surface area contributed by atoms with E-state index in [2.05, 4.69) is 10.3 Å². The van der Waals surface area contributed by atoms with E-state index < -0.39 is 35.0 Å². The van der Waals surface area contributed by atoms with E-state index >= 15 is 0 Å². The maximum absolute atomic E-state index is 12.9. The molecule has 2 aromatic heterocycles. The molecule has 3 aromatic rings. The Hall–Kier alpha value is -3.11. The molecule has 0 amide bonds. The largest absolute Gasteiger partial charge is 0.461 e. The van der Waals surface area contributed by atoms with Crippen molar-refractivity contribution in [1.82, 2.24) is 15.0 Å². The first-order chi connectivity index (χ1) is 12.1. The molecule has 0 spiro atoms. The quantitative estimate of drug-likeness (QED) is 0.510. The molecule has 0 unspecified atom stereocenters. The number of alkyl halides is 6. The van der Waals surface area contributed by atoms with Crippen LogP contribution in [0.4, 0.5) is 26.3 Å². The minimum absolute atomic E-state index is 0.00462. The van der Waals surface area contributed by atoms with Crippen molar-refractivity contribution in [3.05, 3.63) is 65.4 Å². The standard InChI is InChI=1S/C15H7F6N3O2/c16-14(17,18)8-4-9(15(19,20)21)6-10(5-8)24-7-11(22-23-24)13(25)12-2-1-3-26-12/h1-7H. The first-order valence-corrected chi connectivity index (χ1v) is 6.86. The lowest BCUT2D eigenvalue weighted by atomic mass is 10.1. The van der Waals surface area contributed by atoms with Crippen LogP contribution in [0.15, 0.2) is 47.2 Å². The van der Waals surface area contributed by atoms with Gasteiger partial charge in [-0.25, -0.2) is 4.68 Å². The number of furan rings is 1. The highest BCUT2D eigenvalue weighted by molar-refractivity contribution is 6.05. The zero-order valence-corrected chi connectivity index (χ0v) is 12.5. The first-order valence-electron chi connectivity index (χ1n) is 6.86. The van der Waals surface area contributed by atoms with Gasteiger partial charge in [-0.1, -0.05) is 5.21 Å². The number of nitrogens with zero attached hydrogens (tertiary/aromatic N) is 3. The molecule has 0 atom stereocenters. The van der Waals surface area contributed by atoms with Crippen molar-refractivity contribution in [3.63, 3.8) is 0 Å². The van der Waals surface area contributed by atoms with Crippen molar-refractivity contribution in [3.8, 4) is 5.69 Å². The van der Waals surface area contributed by atoms with Crippen LogP contribution < -0.4 is 0 Å². The molecular weight excluding hydrogens is 368 g/mol. The third-order valence-corrected chi connectivity index (χ3v) is 3.31. The van der Waals surface area contributed by atoms with E-state index in [1.807, 2.05) is 0 Å². The lowest BCUT2D eigenvalue weighted by molar-refractivity contribution is -0.143. The van der Waals surface area contributed by atoms with Gasteiger partial charge in [0, 0.05) is 0 Å². The van der Waals surface area contributed by atoms with E-state index in [4.69, 9.17) is 4.42 Å². The summed E-state index contributed by atoms with van der Waals surface area (Å²) in [4.78, 5) is 12.0. The second-order valence-electron chi connectivity index (χ2n) is 5.12. The Labute approximate surface area is 140 Å². The van der Waals surface area contributed by atoms with Gasteiger partial charge in [0.1, 0.15) is 0 Å². The molecule has 136 valence electrons. The van der Waals surface area contributed by atoms with Gasteiger partial charge in [-0.2, -0.15) is 26.3 Å². The summed E-state index contributed by atoms with van der Waals surface area (Å²) in [5.74, 6) is -0.818. The summed E-state index contributed by atoms with van der Waals surface area (Å²) in [5.41, 5.74) is -3.85. The smallest absolute Gasteiger partial charge is 0.416 e. The van der Waals surface area contributed by atoms with Crippen LogP contribution >= 0.6 is 0 Å². The van der Waals surface area contributed by atoms with E-state index in [0.717, 1.165) is 6.20 Å². The van der Waals surface area contributed by atoms with Gasteiger partial charge in [0.25, 0.3) is 0 Å². The van der Waals surface area contributed by atoms with Gasteiger partial charge in [-0.3, -0.25) is 4.79 Å². The molecule has 1 aromatic carbocycles. The third-order valence-electron chi connectivity index (χ3n) is 3.31. The molecule has 5 nitrogen and oxygen atoms in total. The molecular formula is C15H7F6N3O2. The lowest BCUT2D eigenvalue weighted by Crippen LogP contribution is -2.12. The van der Waals surface area contributed by atoms with Crippen LogP contribution in [-0.4, -0.2) is 20.8 Å². The molecule has 0 aliphatic heterocycles. The van der Waals surface area contributed by atoms with Crippen molar-refractivity contribution in [1.29, 1.82) is 0 Å². The van der Waals surface area contributed by atoms with Crippen molar-refractivity contribution in [2.75, 3.05) is 0 Å². The lowest BCUT2D eigenvalue weighted by Gasteiger charge is -2.13. The molecule has 11 heteroatoms. The van der Waals surface area contributed by atoms with Crippen LogP contribution in [0.25, 0.3) is 5.69 Å². The number of aromatic nitrogens is 3. The van der Waals surface area contributed by atoms with E-state index in [-0.39, 0.29) is 17.5 Å². The van der Waals surface area contributed by atoms with E-state index in [0.29, 0.717) is 16.8 Å². The zero-order chi connectivity index (χ0) is 19.1. The Kier molecular flexibility index (Phi) is 4.09. The highest BCUT2D eigenvalue weighted by Crippen LogP contribution is 2.37. The van der Waals surface area contributed by atoms with Crippen molar-refractivity contribution in [2.24, 2.45) is 0 Å². The van der Waals surface area contributed by atoms with Crippen molar-refractivity contribution in [2.45, 2.75) is 12.4 Å². The fourth-order valence-electron chi connectivity index (χ4n) is 2.10. The molecule has 0 aliphatic carbocycles. The number of carbonyl (C=O) groups is 1. The summed E-state index contributed by atoms with van der Waals surface area (Å²) < 4.78 is 82.9. The Morgan fingerprint density at radius 3 is 2.12 bits per heavy atom. The normalized spacial score (nSPS) is 12.4. The zero-order valence-electron chi connectivity index (χ0n) is 12.5. The number of halogens is 6. The Balaban J connectivity index is 2.05. The molecule has 0 radical (unpaired) electrons. The molecule has 0 fully saturated rings. The summed E-state index contributed by atoms with van der Waals surface area (Å²) in [6, 6.07) is 3.71. The minimum atomic E-state index is -5.00. The fourth-order valence-corrected chi connectivity index (χ4v) is 2.10. The number of ketones is 1. The van der Waals surface area contributed by atoms with Crippen molar-refractivity contribution >= 4 is 5.78 Å². The number of rotatable bonds is 3. The van der Waals surface area contributed by atoms with Crippen LogP contribution in [0.1, 0.15) is 27.4 Å².